The average Bonchev–Trinajstić information content (AvgIpc) is 3.98. The van der Waals surface area contributed by atoms with Crippen LogP contribution in [0, 0.1) is 22.7 Å². The number of likely N-dealkylation sites (tertiary alicyclic amines) is 2. The number of ketones is 2. The Balaban J connectivity index is 0.00000760. The second-order valence-corrected chi connectivity index (χ2v) is 22.9. The summed E-state index contributed by atoms with van der Waals surface area (Å²) in [6, 6.07) is 20.6. The lowest BCUT2D eigenvalue weighted by molar-refractivity contribution is -0.144. The fourth-order valence-corrected chi connectivity index (χ4v) is 9.89. The number of benzene rings is 3. The first kappa shape index (κ1) is 64.6. The monoisotopic (exact) mass is 1090 g/mol. The highest BCUT2D eigenvalue weighted by molar-refractivity contribution is 6.02. The van der Waals surface area contributed by atoms with E-state index >= 15 is 0 Å². The SMILES string of the molecule is CN[C@@H](C)C(=O)N[C@H](C(=O)N1C[C@@H](CC(=O)c2cccc(C(=O)C[C@H]3C[C@@H](C(=O)N[C@H](C)Cc4ccccc4)N(C(=O)[C@@H](NC(=O)[C@H](C)NC)C(C)(C)C)C3)c2)C[C@H]1C(=O)NC(C)Cc1ccccc1)C(C)(C)C.Cl.Cl. The zero-order chi connectivity index (χ0) is 54.7. The van der Waals surface area contributed by atoms with Gasteiger partial charge in [0.25, 0.3) is 0 Å². The van der Waals surface area contributed by atoms with Gasteiger partial charge >= 0.3 is 0 Å². The Bertz CT molecular complexity index is 2300. The highest BCUT2D eigenvalue weighted by Crippen LogP contribution is 2.34. The lowest BCUT2D eigenvalue weighted by Crippen LogP contribution is -2.59. The first-order valence-electron chi connectivity index (χ1n) is 26.2. The molecular weight excluding hydrogens is 1010 g/mol. The van der Waals surface area contributed by atoms with Gasteiger partial charge in [-0.15, -0.1) is 24.8 Å². The summed E-state index contributed by atoms with van der Waals surface area (Å²) in [6.07, 6.45) is 1.55. The molecule has 10 atom stereocenters. The molecule has 16 nitrogen and oxygen atoms in total. The Labute approximate surface area is 463 Å². The van der Waals surface area contributed by atoms with Gasteiger partial charge < -0.3 is 41.7 Å². The van der Waals surface area contributed by atoms with Gasteiger partial charge in [0.1, 0.15) is 24.2 Å². The lowest BCUT2D eigenvalue weighted by atomic mass is 9.85. The lowest BCUT2D eigenvalue weighted by Gasteiger charge is -2.36. The van der Waals surface area contributed by atoms with Gasteiger partial charge in [0.2, 0.25) is 35.4 Å². The number of carbonyl (C=O) groups excluding carboxylic acids is 8. The number of nitrogens with one attached hydrogen (secondary N) is 6. The molecule has 2 aliphatic heterocycles. The van der Waals surface area contributed by atoms with Gasteiger partial charge in [-0.3, -0.25) is 38.4 Å². The number of amides is 6. The van der Waals surface area contributed by atoms with Gasteiger partial charge in [-0.25, -0.2) is 0 Å². The number of rotatable bonds is 22. The second kappa shape index (κ2) is 28.6. The predicted molar refractivity (Wildman–Crippen MR) is 301 cm³/mol. The maximum Gasteiger partial charge on any atom is 0.246 e. The summed E-state index contributed by atoms with van der Waals surface area (Å²) in [6.45, 7) is 18.5. The van der Waals surface area contributed by atoms with E-state index < -0.39 is 70.7 Å². The zero-order valence-corrected chi connectivity index (χ0v) is 48.1. The maximum atomic E-state index is 14.6. The number of Topliss-reactive ketones (excluding diaryl/α,β-unsaturated/α-hetero) is 2. The number of likely N-dealkylation sites (N-methyl/N-ethyl adjacent to an activating group) is 2. The second-order valence-electron chi connectivity index (χ2n) is 22.9. The van der Waals surface area contributed by atoms with Crippen molar-refractivity contribution in [1.82, 2.24) is 41.7 Å². The van der Waals surface area contributed by atoms with Gasteiger partial charge in [0.05, 0.1) is 12.1 Å². The molecule has 2 fully saturated rings. The molecule has 0 aliphatic carbocycles. The van der Waals surface area contributed by atoms with Crippen LogP contribution in [0.3, 0.4) is 0 Å². The van der Waals surface area contributed by atoms with Crippen LogP contribution in [0.2, 0.25) is 0 Å². The zero-order valence-electron chi connectivity index (χ0n) is 46.5. The first-order chi connectivity index (χ1) is 34.8. The van der Waals surface area contributed by atoms with Crippen LogP contribution >= 0.6 is 24.8 Å². The Morgan fingerprint density at radius 2 is 0.855 bits per heavy atom. The van der Waals surface area contributed by atoms with Crippen LogP contribution in [0.4, 0.5) is 0 Å². The summed E-state index contributed by atoms with van der Waals surface area (Å²) in [4.78, 5) is 115. The number of carbonyl (C=O) groups is 8. The van der Waals surface area contributed by atoms with Gasteiger partial charge in [-0.05, 0) is 107 Å². The van der Waals surface area contributed by atoms with Crippen molar-refractivity contribution in [2.75, 3.05) is 27.2 Å². The average molecular weight is 1090 g/mol. The van der Waals surface area contributed by atoms with E-state index in [-0.39, 0.29) is 111 Å². The summed E-state index contributed by atoms with van der Waals surface area (Å²) >= 11 is 0. The quantitative estimate of drug-likeness (QED) is 0.0658. The van der Waals surface area contributed by atoms with E-state index in [1.165, 1.54) is 9.80 Å². The van der Waals surface area contributed by atoms with E-state index in [9.17, 15) is 38.4 Å². The van der Waals surface area contributed by atoms with Gasteiger partial charge in [0, 0.05) is 49.1 Å². The van der Waals surface area contributed by atoms with Gasteiger partial charge in [-0.1, -0.05) is 120 Å². The van der Waals surface area contributed by atoms with Crippen molar-refractivity contribution in [3.05, 3.63) is 107 Å². The van der Waals surface area contributed by atoms with E-state index in [0.29, 0.717) is 24.0 Å². The van der Waals surface area contributed by atoms with Crippen molar-refractivity contribution in [2.45, 2.75) is 156 Å². The summed E-state index contributed by atoms with van der Waals surface area (Å²) in [5.41, 5.74) is 1.24. The van der Waals surface area contributed by atoms with Crippen molar-refractivity contribution in [1.29, 1.82) is 0 Å². The molecule has 418 valence electrons. The molecule has 2 heterocycles. The smallest absolute Gasteiger partial charge is 0.246 e. The number of hydrogen-bond acceptors (Lipinski definition) is 10. The molecule has 5 rings (SSSR count). The van der Waals surface area contributed by atoms with Gasteiger partial charge in [0.15, 0.2) is 11.6 Å². The van der Waals surface area contributed by atoms with E-state index in [2.05, 4.69) is 31.9 Å². The topological polar surface area (TPSA) is 215 Å². The number of halogens is 2. The van der Waals surface area contributed by atoms with Crippen molar-refractivity contribution in [3.8, 4) is 0 Å². The molecule has 3 aromatic rings. The van der Waals surface area contributed by atoms with Gasteiger partial charge in [-0.2, -0.15) is 0 Å². The summed E-state index contributed by atoms with van der Waals surface area (Å²) < 4.78 is 0. The molecule has 6 amide bonds. The highest BCUT2D eigenvalue weighted by Gasteiger charge is 2.47. The van der Waals surface area contributed by atoms with Crippen LogP contribution < -0.4 is 31.9 Å². The molecular formula is C58H84Cl2N8O8. The third kappa shape index (κ3) is 17.7. The minimum atomic E-state index is -0.967. The molecule has 6 N–H and O–H groups in total. The molecule has 2 saturated heterocycles. The summed E-state index contributed by atoms with van der Waals surface area (Å²) in [7, 11) is 3.31. The van der Waals surface area contributed by atoms with E-state index in [0.717, 1.165) is 11.1 Å². The number of nitrogens with zero attached hydrogens (tertiary/aromatic N) is 2. The van der Waals surface area contributed by atoms with E-state index in [1.54, 1.807) is 52.2 Å². The molecule has 0 saturated carbocycles. The van der Waals surface area contributed by atoms with Crippen LogP contribution in [0.5, 0.6) is 0 Å². The van der Waals surface area contributed by atoms with Crippen molar-refractivity contribution < 1.29 is 38.4 Å². The Kier molecular flexibility index (Phi) is 24.3. The van der Waals surface area contributed by atoms with Crippen LogP contribution in [0.25, 0.3) is 0 Å². The van der Waals surface area contributed by atoms with Crippen LogP contribution in [0.15, 0.2) is 84.9 Å². The maximum absolute atomic E-state index is 14.6. The normalized spacial score (nSPS) is 19.8. The molecule has 0 radical (unpaired) electrons. The van der Waals surface area contributed by atoms with E-state index in [4.69, 9.17) is 0 Å². The number of hydrogen-bond donors (Lipinski definition) is 6. The molecule has 0 aromatic heterocycles. The Hall–Kier alpha value is -5.68. The molecule has 1 unspecified atom stereocenters. The molecule has 0 spiro atoms. The molecule has 18 heteroatoms. The largest absolute Gasteiger partial charge is 0.352 e. The highest BCUT2D eigenvalue weighted by atomic mass is 35.5. The third-order valence-corrected chi connectivity index (χ3v) is 14.4. The van der Waals surface area contributed by atoms with Crippen molar-refractivity contribution in [3.63, 3.8) is 0 Å². The van der Waals surface area contributed by atoms with Crippen molar-refractivity contribution in [2.24, 2.45) is 22.7 Å². The third-order valence-electron chi connectivity index (χ3n) is 14.4. The van der Waals surface area contributed by atoms with Crippen LogP contribution in [-0.2, 0) is 41.6 Å². The Morgan fingerprint density at radius 1 is 0.513 bits per heavy atom. The van der Waals surface area contributed by atoms with Crippen molar-refractivity contribution >= 4 is 71.8 Å². The standard InChI is InChI=1S/C58H82N8O8.2ClH/c1-35(26-39-20-15-13-16-21-39)61-53(71)45-28-41(33-65(45)55(73)49(57(5,6)7)63-51(69)37(3)59-11)30-47(67)43-24-19-25-44(32-43)48(68)31-42-29-46(54(72)62-36(2)27-40-22-17-14-18-23-40)66(34-42)56(74)50(58(8,9)10)64-52(70)38(4)60-12;;/h13-25,32,35-38,41-42,45-46,49-50,59-60H,26-31,33-34H2,1-12H3,(H,61,71)(H,62,72)(H,63,69)(H,64,70);2*1H/t35-,36?,37+,38+,41-,42-,45+,46+,49-,50-;;/m1../s1. The molecule has 3 aromatic carbocycles. The minimum absolute atomic E-state index is 0. The fraction of sp³-hybridized carbons (Fsp3) is 0.552. The van der Waals surface area contributed by atoms with Crippen LogP contribution in [0.1, 0.15) is 127 Å². The predicted octanol–water partition coefficient (Wildman–Crippen LogP) is 5.88. The summed E-state index contributed by atoms with van der Waals surface area (Å²) in [5, 5.41) is 17.9. The van der Waals surface area contributed by atoms with E-state index in [1.807, 2.05) is 116 Å². The van der Waals surface area contributed by atoms with Crippen LogP contribution in [-0.4, -0.2) is 132 Å². The Morgan fingerprint density at radius 3 is 1.17 bits per heavy atom. The first-order valence-corrected chi connectivity index (χ1v) is 26.2. The minimum Gasteiger partial charge on any atom is -0.352 e. The fourth-order valence-electron chi connectivity index (χ4n) is 9.89. The molecule has 0 bridgehead atoms. The molecule has 2 aliphatic rings. The molecule has 76 heavy (non-hydrogen) atoms. The summed E-state index contributed by atoms with van der Waals surface area (Å²) in [5.74, 6) is -3.59.